The number of amides is 1. The molecular weight excluding hydrogens is 254 g/mol. The molecule has 0 bridgehead atoms. The van der Waals surface area contributed by atoms with Crippen molar-refractivity contribution < 1.29 is 9.53 Å². The highest BCUT2D eigenvalue weighted by molar-refractivity contribution is 5.99. The number of anilines is 2. The minimum absolute atomic E-state index is 0.142. The van der Waals surface area contributed by atoms with Crippen molar-refractivity contribution in [3.63, 3.8) is 0 Å². The van der Waals surface area contributed by atoms with Gasteiger partial charge in [-0.25, -0.2) is 4.98 Å². The van der Waals surface area contributed by atoms with Crippen LogP contribution in [0.1, 0.15) is 17.3 Å². The molecule has 0 fully saturated rings. The molecule has 0 unspecified atom stereocenters. The molecule has 5 nitrogen and oxygen atoms in total. The van der Waals surface area contributed by atoms with Crippen molar-refractivity contribution in [1.82, 2.24) is 10.3 Å². The number of hydrogen-bond acceptors (Lipinski definition) is 4. The van der Waals surface area contributed by atoms with Crippen molar-refractivity contribution in [2.24, 2.45) is 0 Å². The van der Waals surface area contributed by atoms with Gasteiger partial charge in [-0.05, 0) is 43.3 Å². The minimum atomic E-state index is -0.142. The molecule has 104 valence electrons. The van der Waals surface area contributed by atoms with Crippen LogP contribution >= 0.6 is 0 Å². The first-order valence-electron chi connectivity index (χ1n) is 6.39. The molecule has 0 spiro atoms. The van der Waals surface area contributed by atoms with E-state index in [-0.39, 0.29) is 5.91 Å². The number of nitrogens with zero attached hydrogens (tertiary/aromatic N) is 1. The summed E-state index contributed by atoms with van der Waals surface area (Å²) in [5, 5.41) is 5.90. The Labute approximate surface area is 118 Å². The monoisotopic (exact) mass is 271 g/mol. The summed E-state index contributed by atoms with van der Waals surface area (Å²) >= 11 is 0. The molecule has 0 aliphatic carbocycles. The first-order chi connectivity index (χ1) is 9.74. The maximum absolute atomic E-state index is 11.9. The molecule has 5 heteroatoms. The molecule has 1 aromatic carbocycles. The summed E-state index contributed by atoms with van der Waals surface area (Å²) in [6.45, 7) is 2.46. The highest BCUT2D eigenvalue weighted by Gasteiger charge is 2.11. The zero-order valence-electron chi connectivity index (χ0n) is 11.5. The summed E-state index contributed by atoms with van der Waals surface area (Å²) in [6, 6.07) is 10.9. The van der Waals surface area contributed by atoms with Crippen molar-refractivity contribution in [3.05, 3.63) is 48.2 Å². The predicted molar refractivity (Wildman–Crippen MR) is 78.5 cm³/mol. The van der Waals surface area contributed by atoms with E-state index in [0.717, 1.165) is 11.4 Å². The maximum atomic E-state index is 11.9. The van der Waals surface area contributed by atoms with Crippen LogP contribution in [0, 0.1) is 0 Å². The van der Waals surface area contributed by atoms with Crippen LogP contribution in [-0.2, 0) is 0 Å². The molecule has 0 atom stereocenters. The van der Waals surface area contributed by atoms with Crippen molar-refractivity contribution in [2.45, 2.75) is 6.92 Å². The number of hydrogen-bond donors (Lipinski definition) is 2. The summed E-state index contributed by atoms with van der Waals surface area (Å²) in [6.07, 6.45) is 1.65. The second-order valence-corrected chi connectivity index (χ2v) is 4.11. The number of pyridine rings is 1. The lowest BCUT2D eigenvalue weighted by atomic mass is 10.2. The fourth-order valence-corrected chi connectivity index (χ4v) is 1.75. The van der Waals surface area contributed by atoms with Crippen LogP contribution in [0.2, 0.25) is 0 Å². The fourth-order valence-electron chi connectivity index (χ4n) is 1.75. The molecule has 1 amide bonds. The van der Waals surface area contributed by atoms with E-state index in [9.17, 15) is 4.79 Å². The SMILES string of the molecule is CCNC(=O)c1cccnc1Nc1ccc(OC)cc1. The summed E-state index contributed by atoms with van der Waals surface area (Å²) in [7, 11) is 1.62. The molecule has 2 rings (SSSR count). The van der Waals surface area contributed by atoms with Crippen LogP contribution in [0.25, 0.3) is 0 Å². The average Bonchev–Trinajstić information content (AvgIpc) is 2.49. The lowest BCUT2D eigenvalue weighted by molar-refractivity contribution is 0.0956. The highest BCUT2D eigenvalue weighted by Crippen LogP contribution is 2.20. The van der Waals surface area contributed by atoms with Gasteiger partial charge in [0.15, 0.2) is 0 Å². The molecule has 2 N–H and O–H groups in total. The third-order valence-corrected chi connectivity index (χ3v) is 2.74. The van der Waals surface area contributed by atoms with Crippen LogP contribution in [0.5, 0.6) is 5.75 Å². The van der Waals surface area contributed by atoms with E-state index >= 15 is 0 Å². The predicted octanol–water partition coefficient (Wildman–Crippen LogP) is 2.58. The first kappa shape index (κ1) is 13.9. The van der Waals surface area contributed by atoms with Gasteiger partial charge in [-0.1, -0.05) is 0 Å². The van der Waals surface area contributed by atoms with Crippen LogP contribution in [0.15, 0.2) is 42.6 Å². The Bertz CT molecular complexity index is 582. The molecule has 0 saturated heterocycles. The third kappa shape index (κ3) is 3.26. The molecule has 1 heterocycles. The van der Waals surface area contributed by atoms with Gasteiger partial charge in [-0.2, -0.15) is 0 Å². The third-order valence-electron chi connectivity index (χ3n) is 2.74. The Morgan fingerprint density at radius 3 is 2.65 bits per heavy atom. The Morgan fingerprint density at radius 1 is 1.25 bits per heavy atom. The molecular formula is C15H17N3O2. The van der Waals surface area contributed by atoms with Crippen molar-refractivity contribution >= 4 is 17.4 Å². The number of rotatable bonds is 5. The number of benzene rings is 1. The van der Waals surface area contributed by atoms with E-state index < -0.39 is 0 Å². The van der Waals surface area contributed by atoms with Crippen molar-refractivity contribution in [3.8, 4) is 5.75 Å². The van der Waals surface area contributed by atoms with Gasteiger partial charge in [0.1, 0.15) is 11.6 Å². The van der Waals surface area contributed by atoms with Crippen LogP contribution < -0.4 is 15.4 Å². The Kier molecular flexibility index (Phi) is 4.55. The van der Waals surface area contributed by atoms with E-state index in [4.69, 9.17) is 4.74 Å². The first-order valence-corrected chi connectivity index (χ1v) is 6.39. The van der Waals surface area contributed by atoms with Crippen LogP contribution in [0.3, 0.4) is 0 Å². The Morgan fingerprint density at radius 2 is 2.00 bits per heavy atom. The number of aromatic nitrogens is 1. The second kappa shape index (κ2) is 6.56. The smallest absolute Gasteiger partial charge is 0.255 e. The Balaban J connectivity index is 2.21. The number of ether oxygens (including phenoxy) is 1. The molecule has 0 aliphatic rings. The number of nitrogens with one attached hydrogen (secondary N) is 2. The van der Waals surface area contributed by atoms with Crippen molar-refractivity contribution in [1.29, 1.82) is 0 Å². The van der Waals surface area contributed by atoms with Gasteiger partial charge < -0.3 is 15.4 Å². The van der Waals surface area contributed by atoms with E-state index in [2.05, 4.69) is 15.6 Å². The summed E-state index contributed by atoms with van der Waals surface area (Å²) in [4.78, 5) is 16.2. The largest absolute Gasteiger partial charge is 0.497 e. The van der Waals surface area contributed by atoms with Crippen molar-refractivity contribution in [2.75, 3.05) is 19.0 Å². The second-order valence-electron chi connectivity index (χ2n) is 4.11. The van der Waals surface area contributed by atoms with E-state index in [1.54, 1.807) is 25.4 Å². The molecule has 0 aliphatic heterocycles. The maximum Gasteiger partial charge on any atom is 0.255 e. The normalized spacial score (nSPS) is 9.90. The van der Waals surface area contributed by atoms with Gasteiger partial charge >= 0.3 is 0 Å². The van der Waals surface area contributed by atoms with Gasteiger partial charge in [0.05, 0.1) is 12.7 Å². The summed E-state index contributed by atoms with van der Waals surface area (Å²) in [5.74, 6) is 1.17. The quantitative estimate of drug-likeness (QED) is 0.877. The molecule has 0 radical (unpaired) electrons. The lowest BCUT2D eigenvalue weighted by Gasteiger charge is -2.11. The average molecular weight is 271 g/mol. The van der Waals surface area contributed by atoms with Gasteiger partial charge in [0.2, 0.25) is 0 Å². The lowest BCUT2D eigenvalue weighted by Crippen LogP contribution is -2.23. The molecule has 20 heavy (non-hydrogen) atoms. The van der Waals surface area contributed by atoms with Gasteiger partial charge in [-0.3, -0.25) is 4.79 Å². The molecule has 0 saturated carbocycles. The van der Waals surface area contributed by atoms with Crippen LogP contribution in [-0.4, -0.2) is 24.5 Å². The highest BCUT2D eigenvalue weighted by atomic mass is 16.5. The van der Waals surface area contributed by atoms with Crippen LogP contribution in [0.4, 0.5) is 11.5 Å². The Hall–Kier alpha value is -2.56. The van der Waals surface area contributed by atoms with Gasteiger partial charge in [0, 0.05) is 18.4 Å². The number of methoxy groups -OCH3 is 1. The molecule has 1 aromatic heterocycles. The van der Waals surface area contributed by atoms with E-state index in [1.807, 2.05) is 31.2 Å². The molecule has 2 aromatic rings. The summed E-state index contributed by atoms with van der Waals surface area (Å²) in [5.41, 5.74) is 1.36. The van der Waals surface area contributed by atoms with Gasteiger partial charge in [0.25, 0.3) is 5.91 Å². The zero-order chi connectivity index (χ0) is 14.4. The van der Waals surface area contributed by atoms with Gasteiger partial charge in [-0.15, -0.1) is 0 Å². The fraction of sp³-hybridized carbons (Fsp3) is 0.200. The minimum Gasteiger partial charge on any atom is -0.497 e. The zero-order valence-corrected chi connectivity index (χ0v) is 11.5. The standard InChI is InChI=1S/C15H17N3O2/c1-3-16-15(19)13-5-4-10-17-14(13)18-11-6-8-12(20-2)9-7-11/h4-10H,3H2,1-2H3,(H,16,19)(H,17,18). The number of carbonyl (C=O) groups excluding carboxylic acids is 1. The summed E-state index contributed by atoms with van der Waals surface area (Å²) < 4.78 is 5.11. The number of carbonyl (C=O) groups is 1. The van der Waals surface area contributed by atoms with E-state index in [0.29, 0.717) is 17.9 Å². The van der Waals surface area contributed by atoms with E-state index in [1.165, 1.54) is 0 Å². The topological polar surface area (TPSA) is 63.2 Å².